The summed E-state index contributed by atoms with van der Waals surface area (Å²) < 4.78 is 0. The first kappa shape index (κ1) is 14.3. The summed E-state index contributed by atoms with van der Waals surface area (Å²) >= 11 is 0. The van der Waals surface area contributed by atoms with E-state index < -0.39 is 0 Å². The van der Waals surface area contributed by atoms with E-state index in [1.54, 1.807) is 0 Å². The third-order valence-electron chi connectivity index (χ3n) is 4.72. The maximum Gasteiger partial charge on any atom is 0.0130 e. The molecular weight excluding hydrogens is 222 g/mol. The fraction of sp³-hybridized carbons (Fsp3) is 1.00. The number of hydrogen-bond donors (Lipinski definition) is 1. The first-order valence-electron chi connectivity index (χ1n) is 7.61. The molecule has 2 heterocycles. The molecule has 0 amide bonds. The van der Waals surface area contributed by atoms with Crippen LogP contribution in [-0.2, 0) is 0 Å². The lowest BCUT2D eigenvalue weighted by atomic mass is 9.98. The van der Waals surface area contributed by atoms with Gasteiger partial charge in [0.1, 0.15) is 0 Å². The van der Waals surface area contributed by atoms with E-state index in [2.05, 4.69) is 49.7 Å². The summed E-state index contributed by atoms with van der Waals surface area (Å²) in [4.78, 5) is 5.37. The van der Waals surface area contributed by atoms with Crippen molar-refractivity contribution in [2.24, 2.45) is 5.92 Å². The standard InChI is InChI=1S/C15H31N3/c1-12-10-14(11-17-8-6-16-7-9-17)13(2)18(12)15(3,4)5/h12-14,16H,6-11H2,1-5H3/t12-,13-,14?/m1/s1. The molecule has 0 aromatic rings. The SMILES string of the molecule is C[C@@H]1CC(CN2CCNCC2)[C@@H](C)N1C(C)(C)C. The molecule has 18 heavy (non-hydrogen) atoms. The number of rotatable bonds is 2. The molecule has 0 aromatic carbocycles. The summed E-state index contributed by atoms with van der Waals surface area (Å²) in [5, 5.41) is 3.44. The summed E-state index contributed by atoms with van der Waals surface area (Å²) in [7, 11) is 0. The number of piperazine rings is 1. The Morgan fingerprint density at radius 2 is 1.72 bits per heavy atom. The van der Waals surface area contributed by atoms with E-state index in [-0.39, 0.29) is 0 Å². The summed E-state index contributed by atoms with van der Waals surface area (Å²) in [5.74, 6) is 0.845. The maximum atomic E-state index is 3.44. The second-order valence-corrected chi connectivity index (χ2v) is 7.21. The molecule has 0 aromatic heterocycles. The van der Waals surface area contributed by atoms with Crippen molar-refractivity contribution >= 4 is 0 Å². The summed E-state index contributed by atoms with van der Waals surface area (Å²) in [6.45, 7) is 18.0. The minimum absolute atomic E-state index is 0.303. The molecule has 1 unspecified atom stereocenters. The predicted octanol–water partition coefficient (Wildman–Crippen LogP) is 1.79. The van der Waals surface area contributed by atoms with Crippen LogP contribution in [0.15, 0.2) is 0 Å². The Balaban J connectivity index is 1.94. The highest BCUT2D eigenvalue weighted by Gasteiger charge is 2.41. The molecule has 2 saturated heterocycles. The van der Waals surface area contributed by atoms with Crippen molar-refractivity contribution in [3.8, 4) is 0 Å². The Hall–Kier alpha value is -0.120. The van der Waals surface area contributed by atoms with Gasteiger partial charge in [-0.05, 0) is 47.0 Å². The van der Waals surface area contributed by atoms with Crippen LogP contribution in [0, 0.1) is 5.92 Å². The van der Waals surface area contributed by atoms with Crippen LogP contribution in [0.25, 0.3) is 0 Å². The molecule has 0 aliphatic carbocycles. The van der Waals surface area contributed by atoms with Gasteiger partial charge in [-0.3, -0.25) is 4.90 Å². The van der Waals surface area contributed by atoms with Crippen molar-refractivity contribution in [3.05, 3.63) is 0 Å². The number of hydrogen-bond acceptors (Lipinski definition) is 3. The molecule has 1 N–H and O–H groups in total. The molecule has 106 valence electrons. The molecule has 3 nitrogen and oxygen atoms in total. The van der Waals surface area contributed by atoms with Crippen LogP contribution in [0.3, 0.4) is 0 Å². The Morgan fingerprint density at radius 1 is 1.11 bits per heavy atom. The average molecular weight is 253 g/mol. The largest absolute Gasteiger partial charge is 0.314 e. The topological polar surface area (TPSA) is 18.5 Å². The smallest absolute Gasteiger partial charge is 0.0130 e. The van der Waals surface area contributed by atoms with E-state index in [9.17, 15) is 0 Å². The van der Waals surface area contributed by atoms with Gasteiger partial charge in [-0.1, -0.05) is 0 Å². The second kappa shape index (κ2) is 5.48. The van der Waals surface area contributed by atoms with Gasteiger partial charge < -0.3 is 10.2 Å². The van der Waals surface area contributed by atoms with Crippen LogP contribution in [0.4, 0.5) is 0 Å². The summed E-state index contributed by atoms with van der Waals surface area (Å²) in [5.41, 5.74) is 0.303. The number of likely N-dealkylation sites (tertiary alicyclic amines) is 1. The van der Waals surface area contributed by atoms with Crippen LogP contribution >= 0.6 is 0 Å². The van der Waals surface area contributed by atoms with E-state index in [0.29, 0.717) is 5.54 Å². The molecule has 0 spiro atoms. The van der Waals surface area contributed by atoms with Gasteiger partial charge in [0.05, 0.1) is 0 Å². The third kappa shape index (κ3) is 3.06. The lowest BCUT2D eigenvalue weighted by Gasteiger charge is -2.40. The Morgan fingerprint density at radius 3 is 2.22 bits per heavy atom. The van der Waals surface area contributed by atoms with Gasteiger partial charge in [0.2, 0.25) is 0 Å². The van der Waals surface area contributed by atoms with Gasteiger partial charge in [0.25, 0.3) is 0 Å². The van der Waals surface area contributed by atoms with Crippen LogP contribution in [0.5, 0.6) is 0 Å². The van der Waals surface area contributed by atoms with Crippen molar-refractivity contribution in [2.45, 2.75) is 58.7 Å². The predicted molar refractivity (Wildman–Crippen MR) is 77.9 cm³/mol. The Kier molecular flexibility index (Phi) is 4.35. The first-order valence-corrected chi connectivity index (χ1v) is 7.61. The highest BCUT2D eigenvalue weighted by atomic mass is 15.3. The van der Waals surface area contributed by atoms with Crippen molar-refractivity contribution in [3.63, 3.8) is 0 Å². The summed E-state index contributed by atoms with van der Waals surface area (Å²) in [6, 6.07) is 1.45. The average Bonchev–Trinajstić information content (AvgIpc) is 2.54. The van der Waals surface area contributed by atoms with Crippen molar-refractivity contribution in [1.29, 1.82) is 0 Å². The molecule has 2 aliphatic rings. The number of nitrogens with zero attached hydrogens (tertiary/aromatic N) is 2. The zero-order valence-electron chi connectivity index (χ0n) is 12.9. The first-order chi connectivity index (χ1) is 8.39. The fourth-order valence-electron chi connectivity index (χ4n) is 4.10. The normalized spacial score (nSPS) is 36.2. The van der Waals surface area contributed by atoms with Gasteiger partial charge in [-0.25, -0.2) is 0 Å². The molecule has 2 aliphatic heterocycles. The van der Waals surface area contributed by atoms with E-state index in [4.69, 9.17) is 0 Å². The molecule has 3 heteroatoms. The van der Waals surface area contributed by atoms with Crippen LogP contribution in [0.1, 0.15) is 41.0 Å². The minimum Gasteiger partial charge on any atom is -0.314 e. The van der Waals surface area contributed by atoms with E-state index >= 15 is 0 Å². The molecule has 2 rings (SSSR count). The monoisotopic (exact) mass is 253 g/mol. The lowest BCUT2D eigenvalue weighted by Crippen LogP contribution is -2.50. The molecule has 0 bridgehead atoms. The zero-order valence-corrected chi connectivity index (χ0v) is 12.9. The zero-order chi connectivity index (χ0) is 13.3. The van der Waals surface area contributed by atoms with E-state index in [1.165, 1.54) is 39.1 Å². The molecule has 3 atom stereocenters. The highest BCUT2D eigenvalue weighted by Crippen LogP contribution is 2.35. The molecule has 2 fully saturated rings. The van der Waals surface area contributed by atoms with Crippen LogP contribution < -0.4 is 5.32 Å². The lowest BCUT2D eigenvalue weighted by molar-refractivity contribution is 0.0767. The third-order valence-corrected chi connectivity index (χ3v) is 4.72. The molecular formula is C15H31N3. The van der Waals surface area contributed by atoms with Crippen molar-refractivity contribution in [2.75, 3.05) is 32.7 Å². The minimum atomic E-state index is 0.303. The van der Waals surface area contributed by atoms with Gasteiger partial charge in [0, 0.05) is 50.3 Å². The second-order valence-electron chi connectivity index (χ2n) is 7.21. The van der Waals surface area contributed by atoms with Crippen molar-refractivity contribution < 1.29 is 0 Å². The van der Waals surface area contributed by atoms with Crippen LogP contribution in [0.2, 0.25) is 0 Å². The quantitative estimate of drug-likeness (QED) is 0.809. The van der Waals surface area contributed by atoms with Crippen molar-refractivity contribution in [1.82, 2.24) is 15.1 Å². The Labute approximate surface area is 113 Å². The molecule has 0 radical (unpaired) electrons. The van der Waals surface area contributed by atoms with Gasteiger partial charge in [-0.2, -0.15) is 0 Å². The van der Waals surface area contributed by atoms with Gasteiger partial charge in [0.15, 0.2) is 0 Å². The van der Waals surface area contributed by atoms with Crippen LogP contribution in [-0.4, -0.2) is 60.1 Å². The molecule has 0 saturated carbocycles. The fourth-order valence-corrected chi connectivity index (χ4v) is 4.10. The van der Waals surface area contributed by atoms with Gasteiger partial charge in [-0.15, -0.1) is 0 Å². The highest BCUT2D eigenvalue weighted by molar-refractivity contribution is 4.96. The summed E-state index contributed by atoms with van der Waals surface area (Å²) in [6.07, 6.45) is 1.36. The van der Waals surface area contributed by atoms with E-state index in [0.717, 1.165) is 18.0 Å². The number of nitrogens with one attached hydrogen (secondary N) is 1. The maximum absolute atomic E-state index is 3.44. The van der Waals surface area contributed by atoms with Gasteiger partial charge >= 0.3 is 0 Å². The van der Waals surface area contributed by atoms with E-state index in [1.807, 2.05) is 0 Å². The Bertz CT molecular complexity index is 265.